The van der Waals surface area contributed by atoms with E-state index in [1.165, 1.54) is 0 Å². The van der Waals surface area contributed by atoms with Crippen LogP contribution in [0.5, 0.6) is 0 Å². The highest BCUT2D eigenvalue weighted by atomic mass is 35.5. The molecule has 0 atom stereocenters. The Hall–Kier alpha value is -1.67. The van der Waals surface area contributed by atoms with Gasteiger partial charge in [-0.2, -0.15) is 0 Å². The van der Waals surface area contributed by atoms with E-state index in [4.69, 9.17) is 11.6 Å². The maximum Gasteiger partial charge on any atom is 0.260 e. The van der Waals surface area contributed by atoms with E-state index in [-0.39, 0.29) is 15.8 Å². The molecule has 0 saturated carbocycles. The molecule has 0 aliphatic carbocycles. The number of carbonyl (C=O) groups excluding carboxylic acids is 1. The lowest BCUT2D eigenvalue weighted by molar-refractivity contribution is 0.102. The average Bonchev–Trinajstić information content (AvgIpc) is 2.74. The van der Waals surface area contributed by atoms with Crippen molar-refractivity contribution in [3.63, 3.8) is 0 Å². The second-order valence-electron chi connectivity index (χ2n) is 2.61. The van der Waals surface area contributed by atoms with Crippen LogP contribution in [0.15, 0.2) is 12.3 Å². The molecule has 0 fully saturated rings. The van der Waals surface area contributed by atoms with Gasteiger partial charge in [-0.05, 0) is 11.3 Å². The van der Waals surface area contributed by atoms with Gasteiger partial charge in [0, 0.05) is 11.5 Å². The molecule has 1 N–H and O–H groups in total. The van der Waals surface area contributed by atoms with Crippen LogP contribution in [0.25, 0.3) is 0 Å². The maximum atomic E-state index is 12.8. The minimum atomic E-state index is -0.648. The first-order valence-electron chi connectivity index (χ1n) is 3.94. The van der Waals surface area contributed by atoms with Gasteiger partial charge in [0.05, 0.1) is 11.8 Å². The van der Waals surface area contributed by atoms with Gasteiger partial charge < -0.3 is 0 Å². The largest absolute Gasteiger partial charge is 0.295 e. The van der Waals surface area contributed by atoms with Crippen molar-refractivity contribution in [2.45, 2.75) is 0 Å². The molecular weight excluding hydrogens is 257 g/mol. The first kappa shape index (κ1) is 10.8. The number of anilines is 1. The number of amides is 1. The molecule has 0 bridgehead atoms. The summed E-state index contributed by atoms with van der Waals surface area (Å²) < 4.78 is 16.3. The van der Waals surface area contributed by atoms with Gasteiger partial charge in [0.1, 0.15) is 11.0 Å². The fraction of sp³-hybridized carbons (Fsp3) is 0. The third-order valence-electron chi connectivity index (χ3n) is 1.57. The fourth-order valence-corrected chi connectivity index (χ4v) is 1.48. The van der Waals surface area contributed by atoms with Crippen LogP contribution in [0.2, 0.25) is 5.15 Å². The number of rotatable bonds is 2. The van der Waals surface area contributed by atoms with Crippen LogP contribution in [0.4, 0.5) is 9.52 Å². The standard InChI is InChI=1S/C7H3ClFN5OS/c8-5-4(1-3(9)2-10-5)6(15)11-7-12-13-14-16-7/h1-2H,(H,11,12,14,15). The fourth-order valence-electron chi connectivity index (χ4n) is 0.928. The molecule has 16 heavy (non-hydrogen) atoms. The van der Waals surface area contributed by atoms with Gasteiger partial charge in [0.15, 0.2) is 0 Å². The topological polar surface area (TPSA) is 80.7 Å². The molecule has 0 aromatic carbocycles. The van der Waals surface area contributed by atoms with Crippen LogP contribution in [-0.2, 0) is 0 Å². The van der Waals surface area contributed by atoms with Crippen molar-refractivity contribution in [2.75, 3.05) is 5.32 Å². The molecule has 0 aliphatic rings. The number of pyridine rings is 1. The molecular formula is C7H3ClFN5OS. The van der Waals surface area contributed by atoms with Gasteiger partial charge in [-0.25, -0.2) is 9.37 Å². The lowest BCUT2D eigenvalue weighted by Crippen LogP contribution is -2.13. The number of aromatic nitrogens is 4. The Labute approximate surface area is 97.6 Å². The van der Waals surface area contributed by atoms with Crippen molar-refractivity contribution >= 4 is 34.2 Å². The molecule has 0 aliphatic heterocycles. The van der Waals surface area contributed by atoms with E-state index >= 15 is 0 Å². The Morgan fingerprint density at radius 3 is 3.06 bits per heavy atom. The number of hydrogen-bond donors (Lipinski definition) is 1. The van der Waals surface area contributed by atoms with Gasteiger partial charge in [0.2, 0.25) is 5.13 Å². The second-order valence-corrected chi connectivity index (χ2v) is 3.70. The zero-order valence-electron chi connectivity index (χ0n) is 7.52. The summed E-state index contributed by atoms with van der Waals surface area (Å²) in [6.45, 7) is 0. The van der Waals surface area contributed by atoms with E-state index in [0.29, 0.717) is 0 Å². The van der Waals surface area contributed by atoms with Crippen molar-refractivity contribution < 1.29 is 9.18 Å². The lowest BCUT2D eigenvalue weighted by Gasteiger charge is -2.02. The Balaban J connectivity index is 2.24. The van der Waals surface area contributed by atoms with Crippen LogP contribution >= 0.6 is 23.1 Å². The SMILES string of the molecule is O=C(Nc1nnns1)c1cc(F)cnc1Cl. The van der Waals surface area contributed by atoms with E-state index in [2.05, 4.69) is 25.1 Å². The summed E-state index contributed by atoms with van der Waals surface area (Å²) in [5.74, 6) is -1.26. The molecule has 0 radical (unpaired) electrons. The van der Waals surface area contributed by atoms with Crippen LogP contribution in [0.3, 0.4) is 0 Å². The highest BCUT2D eigenvalue weighted by molar-refractivity contribution is 7.09. The molecule has 2 heterocycles. The third kappa shape index (κ3) is 2.28. The summed E-state index contributed by atoms with van der Waals surface area (Å²) in [5.41, 5.74) is -0.0723. The summed E-state index contributed by atoms with van der Waals surface area (Å²) in [5, 5.41) is 9.26. The van der Waals surface area contributed by atoms with E-state index in [1.807, 2.05) is 0 Å². The number of nitrogens with one attached hydrogen (secondary N) is 1. The quantitative estimate of drug-likeness (QED) is 0.824. The van der Waals surface area contributed by atoms with E-state index in [0.717, 1.165) is 23.8 Å². The summed E-state index contributed by atoms with van der Waals surface area (Å²) in [7, 11) is 0. The number of hydrogen-bond acceptors (Lipinski definition) is 6. The third-order valence-corrected chi connectivity index (χ3v) is 2.38. The summed E-state index contributed by atoms with van der Waals surface area (Å²) >= 11 is 6.54. The van der Waals surface area contributed by atoms with Crippen LogP contribution in [0.1, 0.15) is 10.4 Å². The summed E-state index contributed by atoms with van der Waals surface area (Å²) in [6, 6.07) is 0.985. The van der Waals surface area contributed by atoms with Gasteiger partial charge >= 0.3 is 0 Å². The molecule has 0 spiro atoms. The van der Waals surface area contributed by atoms with Gasteiger partial charge in [-0.3, -0.25) is 10.1 Å². The van der Waals surface area contributed by atoms with Crippen molar-refractivity contribution in [1.82, 2.24) is 19.8 Å². The smallest absolute Gasteiger partial charge is 0.260 e. The van der Waals surface area contributed by atoms with Gasteiger partial charge in [-0.1, -0.05) is 21.2 Å². The highest BCUT2D eigenvalue weighted by Crippen LogP contribution is 2.16. The maximum absolute atomic E-state index is 12.8. The Morgan fingerprint density at radius 2 is 2.38 bits per heavy atom. The minimum Gasteiger partial charge on any atom is -0.295 e. The first-order chi connectivity index (χ1) is 7.66. The number of nitrogens with zero attached hydrogens (tertiary/aromatic N) is 4. The van der Waals surface area contributed by atoms with Crippen LogP contribution in [0, 0.1) is 5.82 Å². The van der Waals surface area contributed by atoms with Gasteiger partial charge in [0.25, 0.3) is 5.91 Å². The number of carbonyl (C=O) groups is 1. The van der Waals surface area contributed by atoms with Crippen molar-refractivity contribution in [1.29, 1.82) is 0 Å². The van der Waals surface area contributed by atoms with E-state index < -0.39 is 11.7 Å². The average molecular weight is 260 g/mol. The molecule has 0 saturated heterocycles. The Bertz CT molecular complexity index is 520. The molecule has 0 unspecified atom stereocenters. The summed E-state index contributed by atoms with van der Waals surface area (Å²) in [4.78, 5) is 15.1. The zero-order chi connectivity index (χ0) is 11.5. The zero-order valence-corrected chi connectivity index (χ0v) is 9.09. The monoisotopic (exact) mass is 259 g/mol. The normalized spacial score (nSPS) is 10.1. The molecule has 9 heteroatoms. The van der Waals surface area contributed by atoms with E-state index in [9.17, 15) is 9.18 Å². The Morgan fingerprint density at radius 1 is 1.56 bits per heavy atom. The molecule has 2 rings (SSSR count). The predicted molar refractivity (Wildman–Crippen MR) is 54.9 cm³/mol. The Kier molecular flexibility index (Phi) is 3.02. The highest BCUT2D eigenvalue weighted by Gasteiger charge is 2.14. The first-order valence-corrected chi connectivity index (χ1v) is 5.09. The van der Waals surface area contributed by atoms with Gasteiger partial charge in [-0.15, -0.1) is 0 Å². The molecule has 82 valence electrons. The van der Waals surface area contributed by atoms with Crippen LogP contribution < -0.4 is 5.32 Å². The number of halogens is 2. The van der Waals surface area contributed by atoms with E-state index in [1.54, 1.807) is 0 Å². The minimum absolute atomic E-state index is 0.0723. The molecule has 1 amide bonds. The second kappa shape index (κ2) is 4.45. The van der Waals surface area contributed by atoms with Crippen molar-refractivity contribution in [3.8, 4) is 0 Å². The molecule has 6 nitrogen and oxygen atoms in total. The van der Waals surface area contributed by atoms with Crippen molar-refractivity contribution in [2.24, 2.45) is 0 Å². The predicted octanol–water partition coefficient (Wildman–Crippen LogP) is 1.37. The van der Waals surface area contributed by atoms with Crippen LogP contribution in [-0.4, -0.2) is 25.7 Å². The lowest BCUT2D eigenvalue weighted by atomic mass is 10.2. The summed E-state index contributed by atoms with van der Waals surface area (Å²) in [6.07, 6.45) is 0.922. The molecule has 2 aromatic rings. The van der Waals surface area contributed by atoms with Crippen molar-refractivity contribution in [3.05, 3.63) is 28.8 Å². The molecule has 2 aromatic heterocycles.